The molecule has 5 heteroatoms. The fourth-order valence-electron chi connectivity index (χ4n) is 2.14. The summed E-state index contributed by atoms with van der Waals surface area (Å²) >= 11 is 0. The van der Waals surface area contributed by atoms with Crippen LogP contribution in [-0.4, -0.2) is 45.4 Å². The second-order valence-corrected chi connectivity index (χ2v) is 4.28. The predicted octanol–water partition coefficient (Wildman–Crippen LogP) is 0.265. The molecule has 5 nitrogen and oxygen atoms in total. The summed E-state index contributed by atoms with van der Waals surface area (Å²) in [4.78, 5) is 13.9. The molecule has 1 N–H and O–H groups in total. The molecule has 1 fully saturated rings. The molecule has 16 heavy (non-hydrogen) atoms. The maximum atomic E-state index is 12.1. The molecule has 1 aromatic rings. The van der Waals surface area contributed by atoms with Gasteiger partial charge in [0.15, 0.2) is 0 Å². The first kappa shape index (κ1) is 11.1. The molecule has 2 heterocycles. The highest BCUT2D eigenvalue weighted by atomic mass is 16.3. The Morgan fingerprint density at radius 3 is 3.12 bits per heavy atom. The van der Waals surface area contributed by atoms with Crippen LogP contribution in [0.2, 0.25) is 0 Å². The normalized spacial score (nSPS) is 21.1. The summed E-state index contributed by atoms with van der Waals surface area (Å²) in [7, 11) is 1.76. The summed E-state index contributed by atoms with van der Waals surface area (Å²) in [5, 5.41) is 13.1. The second-order valence-electron chi connectivity index (χ2n) is 4.28. The minimum atomic E-state index is 0.0122. The van der Waals surface area contributed by atoms with Crippen LogP contribution in [0.25, 0.3) is 0 Å². The van der Waals surface area contributed by atoms with Crippen molar-refractivity contribution in [2.24, 2.45) is 13.0 Å². The van der Waals surface area contributed by atoms with Gasteiger partial charge in [-0.1, -0.05) is 0 Å². The van der Waals surface area contributed by atoms with Crippen molar-refractivity contribution in [1.82, 2.24) is 14.7 Å². The van der Waals surface area contributed by atoms with E-state index in [1.807, 2.05) is 0 Å². The van der Waals surface area contributed by atoms with Gasteiger partial charge in [0.2, 0.25) is 0 Å². The highest BCUT2D eigenvalue weighted by Crippen LogP contribution is 2.17. The zero-order valence-corrected chi connectivity index (χ0v) is 9.46. The van der Waals surface area contributed by atoms with Crippen LogP contribution in [-0.2, 0) is 7.05 Å². The zero-order valence-electron chi connectivity index (χ0n) is 9.46. The van der Waals surface area contributed by atoms with Crippen LogP contribution in [0.3, 0.4) is 0 Å². The highest BCUT2D eigenvalue weighted by Gasteiger charge is 2.25. The molecule has 1 aliphatic heterocycles. The molecule has 1 unspecified atom stereocenters. The summed E-state index contributed by atoms with van der Waals surface area (Å²) < 4.78 is 1.59. The third-order valence-electron chi connectivity index (χ3n) is 3.10. The van der Waals surface area contributed by atoms with E-state index in [1.54, 1.807) is 28.9 Å². The number of nitrogens with zero attached hydrogens (tertiary/aromatic N) is 3. The average molecular weight is 223 g/mol. The number of aliphatic hydroxyl groups excluding tert-OH is 1. The van der Waals surface area contributed by atoms with Crippen molar-refractivity contribution < 1.29 is 9.90 Å². The maximum absolute atomic E-state index is 12.1. The number of amides is 1. The number of aromatic nitrogens is 2. The van der Waals surface area contributed by atoms with E-state index in [4.69, 9.17) is 5.11 Å². The molecule has 1 atom stereocenters. The van der Waals surface area contributed by atoms with Gasteiger partial charge in [-0.15, -0.1) is 0 Å². The van der Waals surface area contributed by atoms with E-state index in [-0.39, 0.29) is 18.4 Å². The van der Waals surface area contributed by atoms with Gasteiger partial charge >= 0.3 is 0 Å². The maximum Gasteiger partial charge on any atom is 0.272 e. The van der Waals surface area contributed by atoms with Gasteiger partial charge in [-0.2, -0.15) is 5.10 Å². The number of likely N-dealkylation sites (tertiary alicyclic amines) is 1. The van der Waals surface area contributed by atoms with E-state index in [0.29, 0.717) is 12.2 Å². The molecule has 0 bridgehead atoms. The van der Waals surface area contributed by atoms with Gasteiger partial charge in [0.25, 0.3) is 5.91 Å². The first-order valence-electron chi connectivity index (χ1n) is 5.60. The summed E-state index contributed by atoms with van der Waals surface area (Å²) in [6, 6.07) is 1.73. The van der Waals surface area contributed by atoms with Crippen molar-refractivity contribution in [2.75, 3.05) is 19.7 Å². The van der Waals surface area contributed by atoms with Gasteiger partial charge in [0.1, 0.15) is 5.69 Å². The monoisotopic (exact) mass is 223 g/mol. The Bertz CT molecular complexity index is 375. The third-order valence-corrected chi connectivity index (χ3v) is 3.10. The molecular weight excluding hydrogens is 206 g/mol. The molecule has 0 aliphatic carbocycles. The molecule has 1 aliphatic rings. The Balaban J connectivity index is 2.07. The lowest BCUT2D eigenvalue weighted by Gasteiger charge is -2.31. The largest absolute Gasteiger partial charge is 0.396 e. The fourth-order valence-corrected chi connectivity index (χ4v) is 2.14. The van der Waals surface area contributed by atoms with Gasteiger partial charge in [-0.3, -0.25) is 9.48 Å². The number of carbonyl (C=O) groups is 1. The fraction of sp³-hybridized carbons (Fsp3) is 0.636. The van der Waals surface area contributed by atoms with Crippen molar-refractivity contribution in [3.05, 3.63) is 18.0 Å². The smallest absolute Gasteiger partial charge is 0.272 e. The lowest BCUT2D eigenvalue weighted by atomic mass is 9.99. The molecule has 0 saturated carbocycles. The molecule has 1 saturated heterocycles. The van der Waals surface area contributed by atoms with Crippen LogP contribution in [0.15, 0.2) is 12.3 Å². The van der Waals surface area contributed by atoms with E-state index in [0.717, 1.165) is 19.4 Å². The standard InChI is InChI=1S/C11H17N3O2/c1-13-10(4-5-12-13)11(16)14-6-2-3-9(7-14)8-15/h4-5,9,15H,2-3,6-8H2,1H3. The minimum Gasteiger partial charge on any atom is -0.396 e. The summed E-state index contributed by atoms with van der Waals surface area (Å²) in [5.74, 6) is 0.240. The number of piperidine rings is 1. The van der Waals surface area contributed by atoms with Crippen LogP contribution in [0.1, 0.15) is 23.3 Å². The first-order chi connectivity index (χ1) is 7.72. The summed E-state index contributed by atoms with van der Waals surface area (Å²) in [6.07, 6.45) is 3.60. The SMILES string of the molecule is Cn1nccc1C(=O)N1CCCC(CO)C1. The molecule has 2 rings (SSSR count). The van der Waals surface area contributed by atoms with E-state index in [9.17, 15) is 4.79 Å². The van der Waals surface area contributed by atoms with Crippen molar-refractivity contribution >= 4 is 5.91 Å². The van der Waals surface area contributed by atoms with E-state index < -0.39 is 0 Å². The van der Waals surface area contributed by atoms with Gasteiger partial charge in [0, 0.05) is 32.9 Å². The summed E-state index contributed by atoms with van der Waals surface area (Å²) in [6.45, 7) is 1.59. The average Bonchev–Trinajstić information content (AvgIpc) is 2.74. The van der Waals surface area contributed by atoms with Crippen LogP contribution < -0.4 is 0 Å². The lowest BCUT2D eigenvalue weighted by molar-refractivity contribution is 0.0610. The Morgan fingerprint density at radius 2 is 2.50 bits per heavy atom. The van der Waals surface area contributed by atoms with Crippen molar-refractivity contribution in [1.29, 1.82) is 0 Å². The molecule has 1 aromatic heterocycles. The predicted molar refractivity (Wildman–Crippen MR) is 58.9 cm³/mol. The van der Waals surface area contributed by atoms with Gasteiger partial charge < -0.3 is 10.0 Å². The number of carbonyl (C=O) groups excluding carboxylic acids is 1. The lowest BCUT2D eigenvalue weighted by Crippen LogP contribution is -2.41. The molecular formula is C11H17N3O2. The Morgan fingerprint density at radius 1 is 1.69 bits per heavy atom. The van der Waals surface area contributed by atoms with Crippen LogP contribution in [0, 0.1) is 5.92 Å². The van der Waals surface area contributed by atoms with Crippen LogP contribution in [0.5, 0.6) is 0 Å². The molecule has 1 amide bonds. The topological polar surface area (TPSA) is 58.4 Å². The first-order valence-corrected chi connectivity index (χ1v) is 5.60. The zero-order chi connectivity index (χ0) is 11.5. The van der Waals surface area contributed by atoms with E-state index in [1.165, 1.54) is 0 Å². The number of aryl methyl sites for hydroxylation is 1. The Labute approximate surface area is 94.7 Å². The Hall–Kier alpha value is -1.36. The van der Waals surface area contributed by atoms with E-state index >= 15 is 0 Å². The van der Waals surface area contributed by atoms with E-state index in [2.05, 4.69) is 5.10 Å². The molecule has 0 radical (unpaired) electrons. The van der Waals surface area contributed by atoms with Gasteiger partial charge in [-0.05, 0) is 24.8 Å². The number of hydrogen-bond acceptors (Lipinski definition) is 3. The van der Waals surface area contributed by atoms with Crippen LogP contribution in [0.4, 0.5) is 0 Å². The minimum absolute atomic E-state index is 0.0122. The summed E-state index contributed by atoms with van der Waals surface area (Å²) in [5.41, 5.74) is 0.610. The number of rotatable bonds is 2. The molecule has 0 aromatic carbocycles. The van der Waals surface area contributed by atoms with Gasteiger partial charge in [0.05, 0.1) is 0 Å². The number of aliphatic hydroxyl groups is 1. The number of hydrogen-bond donors (Lipinski definition) is 1. The van der Waals surface area contributed by atoms with Crippen molar-refractivity contribution in [3.63, 3.8) is 0 Å². The Kier molecular flexibility index (Phi) is 3.24. The quantitative estimate of drug-likeness (QED) is 0.782. The van der Waals surface area contributed by atoms with Gasteiger partial charge in [-0.25, -0.2) is 0 Å². The van der Waals surface area contributed by atoms with Crippen LogP contribution >= 0.6 is 0 Å². The highest BCUT2D eigenvalue weighted by molar-refractivity contribution is 5.92. The second kappa shape index (κ2) is 4.65. The molecule has 88 valence electrons. The van der Waals surface area contributed by atoms with Crippen molar-refractivity contribution in [3.8, 4) is 0 Å². The third kappa shape index (κ3) is 2.09. The van der Waals surface area contributed by atoms with Crippen molar-refractivity contribution in [2.45, 2.75) is 12.8 Å². The molecule has 0 spiro atoms.